The second-order valence-electron chi connectivity index (χ2n) is 4.20. The van der Waals surface area contributed by atoms with Crippen molar-refractivity contribution in [2.45, 2.75) is 32.2 Å². The maximum atomic E-state index is 10.8. The molecule has 1 saturated carbocycles. The molecule has 0 heterocycles. The molecule has 0 bridgehead atoms. The van der Waals surface area contributed by atoms with Crippen LogP contribution in [0.5, 0.6) is 0 Å². The Morgan fingerprint density at radius 1 is 1.38 bits per heavy atom. The van der Waals surface area contributed by atoms with E-state index < -0.39 is 9.84 Å². The van der Waals surface area contributed by atoms with Crippen LogP contribution in [0.25, 0.3) is 0 Å². The molecule has 0 saturated heterocycles. The zero-order valence-electron chi connectivity index (χ0n) is 8.41. The fraction of sp³-hybridized carbons (Fsp3) is 1.00. The molecule has 13 heavy (non-hydrogen) atoms. The van der Waals surface area contributed by atoms with Crippen molar-refractivity contribution < 1.29 is 8.42 Å². The number of sulfone groups is 1. The van der Waals surface area contributed by atoms with Crippen molar-refractivity contribution in [1.82, 2.24) is 5.32 Å². The van der Waals surface area contributed by atoms with Gasteiger partial charge in [-0.25, -0.2) is 8.42 Å². The lowest BCUT2D eigenvalue weighted by molar-refractivity contribution is 0.514. The molecule has 78 valence electrons. The normalized spacial score (nSPS) is 29.4. The van der Waals surface area contributed by atoms with E-state index in [9.17, 15) is 8.42 Å². The maximum absolute atomic E-state index is 10.8. The zero-order chi connectivity index (χ0) is 9.90. The highest BCUT2D eigenvalue weighted by Gasteiger charge is 2.20. The van der Waals surface area contributed by atoms with E-state index in [1.165, 1.54) is 25.5 Å². The van der Waals surface area contributed by atoms with Crippen molar-refractivity contribution in [3.63, 3.8) is 0 Å². The van der Waals surface area contributed by atoms with E-state index in [1.54, 1.807) is 0 Å². The number of nitrogens with one attached hydrogen (secondary N) is 1. The van der Waals surface area contributed by atoms with Crippen LogP contribution in [0, 0.1) is 5.92 Å². The summed E-state index contributed by atoms with van der Waals surface area (Å²) in [5.74, 6) is 1.06. The summed E-state index contributed by atoms with van der Waals surface area (Å²) in [6, 6.07) is 0.553. The average molecular weight is 205 g/mol. The molecule has 3 nitrogen and oxygen atoms in total. The smallest absolute Gasteiger partial charge is 0.148 e. The van der Waals surface area contributed by atoms with Gasteiger partial charge in [0.25, 0.3) is 0 Å². The van der Waals surface area contributed by atoms with E-state index in [2.05, 4.69) is 12.2 Å². The Labute approximate surface area is 80.8 Å². The van der Waals surface area contributed by atoms with Gasteiger partial charge in [0.2, 0.25) is 0 Å². The summed E-state index contributed by atoms with van der Waals surface area (Å²) in [6.07, 6.45) is 4.96. The molecule has 0 aromatic heterocycles. The van der Waals surface area contributed by atoms with Crippen molar-refractivity contribution in [2.75, 3.05) is 18.6 Å². The third-order valence-corrected chi connectivity index (χ3v) is 3.55. The van der Waals surface area contributed by atoms with E-state index >= 15 is 0 Å². The van der Waals surface area contributed by atoms with Crippen LogP contribution in [0.1, 0.15) is 26.2 Å². The predicted molar refractivity (Wildman–Crippen MR) is 54.5 cm³/mol. The first-order valence-corrected chi connectivity index (χ1v) is 6.94. The number of hydrogen-bond donors (Lipinski definition) is 1. The van der Waals surface area contributed by atoms with Crippen LogP contribution in [0.2, 0.25) is 0 Å². The van der Waals surface area contributed by atoms with E-state index in [0.29, 0.717) is 12.6 Å². The summed E-state index contributed by atoms with van der Waals surface area (Å²) in [5, 5.41) is 3.29. The van der Waals surface area contributed by atoms with Crippen LogP contribution < -0.4 is 5.32 Å². The average Bonchev–Trinajstić information content (AvgIpc) is 2.33. The Bertz CT molecular complexity index is 248. The summed E-state index contributed by atoms with van der Waals surface area (Å²) >= 11 is 0. The molecule has 2 atom stereocenters. The van der Waals surface area contributed by atoms with Crippen LogP contribution in [0.15, 0.2) is 0 Å². The molecule has 0 radical (unpaired) electrons. The standard InChI is InChI=1S/C9H19NO2S/c1-8-3-4-9(7-8)10-5-6-13(2,11)12/h8-10H,3-7H2,1-2H3. The molecule has 1 fully saturated rings. The summed E-state index contributed by atoms with van der Waals surface area (Å²) in [7, 11) is -2.79. The molecule has 0 amide bonds. The van der Waals surface area contributed by atoms with Crippen LogP contribution in [0.4, 0.5) is 0 Å². The third-order valence-electron chi connectivity index (χ3n) is 2.60. The predicted octanol–water partition coefficient (Wildman–Crippen LogP) is 0.809. The first-order chi connectivity index (χ1) is 5.97. The molecular formula is C9H19NO2S. The lowest BCUT2D eigenvalue weighted by Gasteiger charge is -2.11. The summed E-state index contributed by atoms with van der Waals surface area (Å²) < 4.78 is 21.7. The topological polar surface area (TPSA) is 46.2 Å². The molecule has 4 heteroatoms. The van der Waals surface area contributed by atoms with Crippen LogP contribution >= 0.6 is 0 Å². The molecule has 1 rings (SSSR count). The van der Waals surface area contributed by atoms with Crippen molar-refractivity contribution in [1.29, 1.82) is 0 Å². The third kappa shape index (κ3) is 4.62. The molecule has 1 N–H and O–H groups in total. The van der Waals surface area contributed by atoms with Gasteiger partial charge in [0.05, 0.1) is 5.75 Å². The quantitative estimate of drug-likeness (QED) is 0.739. The van der Waals surface area contributed by atoms with Crippen molar-refractivity contribution in [3.05, 3.63) is 0 Å². The highest BCUT2D eigenvalue weighted by Crippen LogP contribution is 2.24. The second kappa shape index (κ2) is 4.42. The van der Waals surface area contributed by atoms with Gasteiger partial charge in [0.15, 0.2) is 0 Å². The van der Waals surface area contributed by atoms with Crippen molar-refractivity contribution in [3.8, 4) is 0 Å². The van der Waals surface area contributed by atoms with Gasteiger partial charge in [0.1, 0.15) is 9.84 Å². The van der Waals surface area contributed by atoms with Gasteiger partial charge in [-0.15, -0.1) is 0 Å². The summed E-state index contributed by atoms with van der Waals surface area (Å²) in [6.45, 7) is 2.86. The Balaban J connectivity index is 2.14. The fourth-order valence-electron chi connectivity index (χ4n) is 1.84. The molecule has 0 spiro atoms. The Morgan fingerprint density at radius 3 is 2.54 bits per heavy atom. The van der Waals surface area contributed by atoms with Gasteiger partial charge < -0.3 is 5.32 Å². The van der Waals surface area contributed by atoms with Crippen LogP contribution in [-0.2, 0) is 9.84 Å². The molecule has 0 aromatic carbocycles. The van der Waals surface area contributed by atoms with Crippen LogP contribution in [-0.4, -0.2) is 33.0 Å². The Kier molecular flexibility index (Phi) is 3.74. The van der Waals surface area contributed by atoms with Gasteiger partial charge >= 0.3 is 0 Å². The van der Waals surface area contributed by atoms with Gasteiger partial charge in [-0.2, -0.15) is 0 Å². The van der Waals surface area contributed by atoms with Crippen molar-refractivity contribution in [2.24, 2.45) is 5.92 Å². The Morgan fingerprint density at radius 2 is 2.08 bits per heavy atom. The SMILES string of the molecule is CC1CCC(NCCS(C)(=O)=O)C1. The molecule has 0 aliphatic heterocycles. The Hall–Kier alpha value is -0.0900. The van der Waals surface area contributed by atoms with E-state index in [-0.39, 0.29) is 5.75 Å². The molecule has 1 aliphatic carbocycles. The minimum Gasteiger partial charge on any atom is -0.313 e. The van der Waals surface area contributed by atoms with Crippen molar-refractivity contribution >= 4 is 9.84 Å². The molecule has 1 aliphatic rings. The number of hydrogen-bond acceptors (Lipinski definition) is 3. The van der Waals surface area contributed by atoms with E-state index in [4.69, 9.17) is 0 Å². The summed E-state index contributed by atoms with van der Waals surface area (Å²) in [5.41, 5.74) is 0. The monoisotopic (exact) mass is 205 g/mol. The minimum absolute atomic E-state index is 0.262. The zero-order valence-corrected chi connectivity index (χ0v) is 9.23. The summed E-state index contributed by atoms with van der Waals surface area (Å²) in [4.78, 5) is 0. The lowest BCUT2D eigenvalue weighted by atomic mass is 10.1. The first-order valence-electron chi connectivity index (χ1n) is 4.88. The van der Waals surface area contributed by atoms with Crippen LogP contribution in [0.3, 0.4) is 0 Å². The fourth-order valence-corrected chi connectivity index (χ4v) is 2.33. The van der Waals surface area contributed by atoms with Gasteiger partial charge in [-0.1, -0.05) is 6.92 Å². The first kappa shape index (κ1) is 11.0. The maximum Gasteiger partial charge on any atom is 0.148 e. The lowest BCUT2D eigenvalue weighted by Crippen LogP contribution is -2.31. The van der Waals surface area contributed by atoms with Gasteiger partial charge in [-0.3, -0.25) is 0 Å². The number of rotatable bonds is 4. The van der Waals surface area contributed by atoms with Gasteiger partial charge in [0, 0.05) is 18.8 Å². The molecule has 2 unspecified atom stereocenters. The highest BCUT2D eigenvalue weighted by molar-refractivity contribution is 7.90. The van der Waals surface area contributed by atoms with Gasteiger partial charge in [-0.05, 0) is 25.2 Å². The largest absolute Gasteiger partial charge is 0.313 e. The minimum atomic E-state index is -2.79. The van der Waals surface area contributed by atoms with E-state index in [0.717, 1.165) is 5.92 Å². The highest BCUT2D eigenvalue weighted by atomic mass is 32.2. The molecule has 0 aromatic rings. The van der Waals surface area contributed by atoms with E-state index in [1.807, 2.05) is 0 Å². The second-order valence-corrected chi connectivity index (χ2v) is 6.46. The molecular weight excluding hydrogens is 186 g/mol.